The number of amides is 5. The number of carbonyl (C=O) groups excluding carboxylic acids is 6. The summed E-state index contributed by atoms with van der Waals surface area (Å²) in [5, 5.41) is 11.0. The molecule has 0 bridgehead atoms. The molecule has 0 aromatic heterocycles. The summed E-state index contributed by atoms with van der Waals surface area (Å²) in [4.78, 5) is 81.2. The smallest absolute Gasteiger partial charge is 0.316 e. The fourth-order valence-corrected chi connectivity index (χ4v) is 6.53. The normalized spacial score (nSPS) is 25.5. The summed E-state index contributed by atoms with van der Waals surface area (Å²) in [6, 6.07) is -4.29. The molecule has 0 radical (unpaired) electrons. The second-order valence-electron chi connectivity index (χ2n) is 15.1. The molecule has 6 atom stereocenters. The summed E-state index contributed by atoms with van der Waals surface area (Å²) in [7, 11) is 0. The van der Waals surface area contributed by atoms with Crippen molar-refractivity contribution in [2.24, 2.45) is 34.5 Å². The monoisotopic (exact) mass is 611 g/mol. The molecule has 2 unspecified atom stereocenters. The fraction of sp³-hybridized carbons (Fsp3) is 0.758. The van der Waals surface area contributed by atoms with Gasteiger partial charge >= 0.3 is 6.03 Å². The maximum Gasteiger partial charge on any atom is 0.316 e. The lowest BCUT2D eigenvalue weighted by Gasteiger charge is -2.38. The first-order valence-electron chi connectivity index (χ1n) is 16.0. The van der Waals surface area contributed by atoms with Crippen molar-refractivity contribution < 1.29 is 28.8 Å². The van der Waals surface area contributed by atoms with Crippen LogP contribution in [0.2, 0.25) is 0 Å². The van der Waals surface area contributed by atoms with Crippen molar-refractivity contribution in [1.82, 2.24) is 26.2 Å². The number of fused-ring (bicyclic) bond motifs is 1. The van der Waals surface area contributed by atoms with E-state index in [2.05, 4.69) is 27.2 Å². The minimum absolute atomic E-state index is 0.00660. The van der Waals surface area contributed by atoms with E-state index in [0.29, 0.717) is 6.54 Å². The van der Waals surface area contributed by atoms with Gasteiger partial charge in [-0.25, -0.2) is 4.79 Å². The standard InChI is InChI=1S/C33H49N5O6/c1-9-10-11-21(26(40)29(42)34-19-14-15-19)35-28(41)24-22-20(33(22,7)8)16-38(24)30(43)27(32(4,5)6)37-31(44)36-23(17(2)3)25(39)18-12-13-18/h1,17-24,27H,10-16H2,2-8H3,(H,34,42)(H,35,41)(H2,36,37,44)/t20-,21?,22?,23-,24-,27+/m0/s1. The molecule has 4 N–H and O–H groups in total. The average molecular weight is 612 g/mol. The van der Waals surface area contributed by atoms with Gasteiger partial charge in [0.25, 0.3) is 5.91 Å². The summed E-state index contributed by atoms with van der Waals surface area (Å²) in [6.07, 6.45) is 8.99. The zero-order valence-corrected chi connectivity index (χ0v) is 27.1. The van der Waals surface area contributed by atoms with Gasteiger partial charge in [-0.05, 0) is 60.7 Å². The van der Waals surface area contributed by atoms with E-state index in [-0.39, 0.29) is 53.8 Å². The Bertz CT molecular complexity index is 1240. The van der Waals surface area contributed by atoms with Gasteiger partial charge < -0.3 is 26.2 Å². The highest BCUT2D eigenvalue weighted by molar-refractivity contribution is 6.38. The molecule has 5 amide bonds. The number of nitrogens with one attached hydrogen (secondary N) is 4. The molecule has 0 aromatic carbocycles. The molecule has 0 spiro atoms. The number of rotatable bonds is 13. The van der Waals surface area contributed by atoms with Gasteiger partial charge in [0.15, 0.2) is 5.78 Å². The van der Waals surface area contributed by atoms with E-state index in [4.69, 9.17) is 6.42 Å². The minimum atomic E-state index is -1.12. The van der Waals surface area contributed by atoms with Gasteiger partial charge in [-0.1, -0.05) is 48.5 Å². The summed E-state index contributed by atoms with van der Waals surface area (Å²) in [6.45, 7) is 13.6. The number of urea groups is 1. The van der Waals surface area contributed by atoms with Crippen LogP contribution in [0.1, 0.15) is 87.0 Å². The van der Waals surface area contributed by atoms with Crippen LogP contribution in [-0.4, -0.2) is 77.0 Å². The summed E-state index contributed by atoms with van der Waals surface area (Å²) in [5.41, 5.74) is -0.923. The van der Waals surface area contributed by atoms with Crippen LogP contribution < -0.4 is 21.3 Å². The molecule has 3 saturated carbocycles. The lowest BCUT2D eigenvalue weighted by Crippen LogP contribution is -2.62. The Labute approximate surface area is 260 Å². The number of hydrogen-bond acceptors (Lipinski definition) is 6. The Hall–Kier alpha value is -3.42. The zero-order chi connectivity index (χ0) is 32.7. The second kappa shape index (κ2) is 12.5. The molecule has 11 nitrogen and oxygen atoms in total. The molecule has 242 valence electrons. The SMILES string of the molecule is C#CCCC(NC(=O)[C@@H]1C2[C@H](CN1C(=O)[C@@H](NC(=O)N[C@H](C(=O)C1CC1)C(C)C)C(C)(C)C)C2(C)C)C(=O)C(=O)NC1CC1. The molecule has 1 saturated heterocycles. The highest BCUT2D eigenvalue weighted by atomic mass is 16.2. The van der Waals surface area contributed by atoms with Crippen LogP contribution in [0.3, 0.4) is 0 Å². The molecule has 3 aliphatic carbocycles. The molecule has 1 heterocycles. The average Bonchev–Trinajstić information content (AvgIpc) is 3.88. The zero-order valence-electron chi connectivity index (χ0n) is 27.1. The minimum Gasteiger partial charge on any atom is -0.347 e. The fourth-order valence-electron chi connectivity index (χ4n) is 6.53. The molecular weight excluding hydrogens is 562 g/mol. The molecule has 4 aliphatic rings. The number of Topliss-reactive ketones (excluding diaryl/α,β-unsaturated/α-hetero) is 2. The van der Waals surface area contributed by atoms with Crippen molar-refractivity contribution in [3.05, 3.63) is 0 Å². The van der Waals surface area contributed by atoms with Crippen molar-refractivity contribution in [1.29, 1.82) is 0 Å². The molecule has 4 rings (SSSR count). The third-order valence-corrected chi connectivity index (χ3v) is 9.73. The van der Waals surface area contributed by atoms with E-state index < -0.39 is 59.1 Å². The predicted molar refractivity (Wildman–Crippen MR) is 164 cm³/mol. The topological polar surface area (TPSA) is 154 Å². The first-order chi connectivity index (χ1) is 20.5. The Morgan fingerprint density at radius 1 is 0.977 bits per heavy atom. The number of ketones is 2. The van der Waals surface area contributed by atoms with E-state index >= 15 is 0 Å². The van der Waals surface area contributed by atoms with Crippen LogP contribution in [0.4, 0.5) is 4.79 Å². The number of likely N-dealkylation sites (tertiary alicyclic amines) is 1. The first-order valence-corrected chi connectivity index (χ1v) is 16.0. The van der Waals surface area contributed by atoms with Crippen LogP contribution in [0.15, 0.2) is 0 Å². The van der Waals surface area contributed by atoms with Crippen LogP contribution in [0.5, 0.6) is 0 Å². The highest BCUT2D eigenvalue weighted by Gasteiger charge is 2.70. The predicted octanol–water partition coefficient (Wildman–Crippen LogP) is 1.93. The molecular formula is C33H49N5O6. The number of terminal acetylenes is 1. The van der Waals surface area contributed by atoms with Gasteiger partial charge in [0.1, 0.15) is 12.1 Å². The van der Waals surface area contributed by atoms with E-state index in [0.717, 1.165) is 25.7 Å². The summed E-state index contributed by atoms with van der Waals surface area (Å²) < 4.78 is 0. The van der Waals surface area contributed by atoms with Crippen molar-refractivity contribution in [3.63, 3.8) is 0 Å². The highest BCUT2D eigenvalue weighted by Crippen LogP contribution is 2.65. The molecule has 0 aromatic rings. The van der Waals surface area contributed by atoms with E-state index in [1.165, 1.54) is 4.90 Å². The molecule has 4 fully saturated rings. The number of piperidine rings is 1. The maximum absolute atomic E-state index is 14.2. The third-order valence-electron chi connectivity index (χ3n) is 9.73. The van der Waals surface area contributed by atoms with Crippen LogP contribution in [0.25, 0.3) is 0 Å². The van der Waals surface area contributed by atoms with Gasteiger partial charge in [-0.15, -0.1) is 12.3 Å². The Kier molecular flexibility index (Phi) is 9.53. The van der Waals surface area contributed by atoms with Crippen molar-refractivity contribution in [3.8, 4) is 12.3 Å². The van der Waals surface area contributed by atoms with Crippen molar-refractivity contribution >= 4 is 35.3 Å². The largest absolute Gasteiger partial charge is 0.347 e. The van der Waals surface area contributed by atoms with Gasteiger partial charge in [0.2, 0.25) is 17.6 Å². The van der Waals surface area contributed by atoms with Gasteiger partial charge in [0.05, 0.1) is 12.1 Å². The number of carbonyl (C=O) groups is 6. The second-order valence-corrected chi connectivity index (χ2v) is 15.1. The van der Waals surface area contributed by atoms with Crippen LogP contribution in [0, 0.1) is 46.8 Å². The van der Waals surface area contributed by atoms with Gasteiger partial charge in [0, 0.05) is 24.9 Å². The van der Waals surface area contributed by atoms with Gasteiger partial charge in [-0.3, -0.25) is 24.0 Å². The van der Waals surface area contributed by atoms with E-state index in [1.807, 2.05) is 48.5 Å². The van der Waals surface area contributed by atoms with E-state index in [9.17, 15) is 28.8 Å². The van der Waals surface area contributed by atoms with Crippen molar-refractivity contribution in [2.75, 3.05) is 6.54 Å². The summed E-state index contributed by atoms with van der Waals surface area (Å²) >= 11 is 0. The third kappa shape index (κ3) is 7.27. The van der Waals surface area contributed by atoms with E-state index in [1.54, 1.807) is 0 Å². The summed E-state index contributed by atoms with van der Waals surface area (Å²) in [5.74, 6) is -0.189. The number of nitrogens with zero attached hydrogens (tertiary/aromatic N) is 1. The number of hydrogen-bond donors (Lipinski definition) is 4. The Morgan fingerprint density at radius 2 is 1.61 bits per heavy atom. The lowest BCUT2D eigenvalue weighted by atomic mass is 9.85. The quantitative estimate of drug-likeness (QED) is 0.184. The Morgan fingerprint density at radius 3 is 2.14 bits per heavy atom. The Balaban J connectivity index is 1.51. The lowest BCUT2D eigenvalue weighted by molar-refractivity contribution is -0.145. The van der Waals surface area contributed by atoms with Crippen LogP contribution in [-0.2, 0) is 24.0 Å². The van der Waals surface area contributed by atoms with Crippen LogP contribution >= 0.6 is 0 Å². The first kappa shape index (κ1) is 33.5. The molecule has 1 aliphatic heterocycles. The van der Waals surface area contributed by atoms with Crippen molar-refractivity contribution in [2.45, 2.75) is 117 Å². The molecule has 44 heavy (non-hydrogen) atoms. The maximum atomic E-state index is 14.2. The molecule has 11 heteroatoms. The van der Waals surface area contributed by atoms with Gasteiger partial charge in [-0.2, -0.15) is 0 Å².